The van der Waals surface area contributed by atoms with Gasteiger partial charge in [-0.2, -0.15) is 5.10 Å². The van der Waals surface area contributed by atoms with Crippen molar-refractivity contribution in [2.75, 3.05) is 5.73 Å². The van der Waals surface area contributed by atoms with E-state index in [9.17, 15) is 4.79 Å². The molecule has 3 N–H and O–H groups in total. The number of nitrogens with zero attached hydrogens (tertiary/aromatic N) is 4. The first-order valence-corrected chi connectivity index (χ1v) is 9.46. The molecule has 1 aliphatic carbocycles. The van der Waals surface area contributed by atoms with Gasteiger partial charge in [-0.3, -0.25) is 0 Å². The number of aromatic nitrogens is 4. The van der Waals surface area contributed by atoms with Crippen molar-refractivity contribution < 1.29 is 9.53 Å². The van der Waals surface area contributed by atoms with Crippen LogP contribution in [-0.2, 0) is 4.74 Å². The van der Waals surface area contributed by atoms with Crippen molar-refractivity contribution in [2.24, 2.45) is 0 Å². The highest BCUT2D eigenvalue weighted by Crippen LogP contribution is 2.32. The number of fused-ring (bicyclic) bond motifs is 1. The summed E-state index contributed by atoms with van der Waals surface area (Å²) in [6, 6.07) is 0.378. The van der Waals surface area contributed by atoms with Gasteiger partial charge in [0.25, 0.3) is 0 Å². The number of nitrogen functional groups attached to an aromatic ring is 1. The van der Waals surface area contributed by atoms with E-state index in [0.717, 1.165) is 40.4 Å². The third kappa shape index (κ3) is 4.13. The first-order valence-electron chi connectivity index (χ1n) is 8.38. The van der Waals surface area contributed by atoms with Crippen LogP contribution in [0.1, 0.15) is 52.5 Å². The van der Waals surface area contributed by atoms with Gasteiger partial charge in [0.15, 0.2) is 5.65 Å². The largest absolute Gasteiger partial charge is 0.444 e. The van der Waals surface area contributed by atoms with Gasteiger partial charge in [0.2, 0.25) is 0 Å². The van der Waals surface area contributed by atoms with E-state index in [2.05, 4.69) is 43.0 Å². The number of nitrogens with two attached hydrogens (primary N) is 1. The Morgan fingerprint density at radius 2 is 2.00 bits per heavy atom. The van der Waals surface area contributed by atoms with Crippen LogP contribution in [0.5, 0.6) is 0 Å². The monoisotopic (exact) mass is 458 g/mol. The standard InChI is InChI=1S/C16H23IN6O2/c1-16(2,3)25-15(24)21-9-4-6-10(7-5-9)23-14-11(12(17)22-23)13(18)19-8-20-14/h8-10H,4-7H2,1-3H3,(H,21,24)(H2,18,19,20)/t9-,10+. The summed E-state index contributed by atoms with van der Waals surface area (Å²) in [6.45, 7) is 5.59. The molecular formula is C16H23IN6O2. The molecule has 0 unspecified atom stereocenters. The Bertz CT molecular complexity index is 777. The predicted octanol–water partition coefficient (Wildman–Crippen LogP) is 3.02. The first-order chi connectivity index (χ1) is 11.7. The summed E-state index contributed by atoms with van der Waals surface area (Å²) < 4.78 is 8.10. The number of nitrogens with one attached hydrogen (secondary N) is 1. The van der Waals surface area contributed by atoms with E-state index in [1.807, 2.05) is 25.5 Å². The molecule has 0 aliphatic heterocycles. The second-order valence-electron chi connectivity index (χ2n) is 7.34. The van der Waals surface area contributed by atoms with Gasteiger partial charge in [-0.05, 0) is 69.0 Å². The summed E-state index contributed by atoms with van der Waals surface area (Å²) in [5, 5.41) is 8.40. The summed E-state index contributed by atoms with van der Waals surface area (Å²) >= 11 is 2.17. The first kappa shape index (κ1) is 18.2. The van der Waals surface area contributed by atoms with Crippen molar-refractivity contribution in [1.29, 1.82) is 0 Å². The zero-order valence-electron chi connectivity index (χ0n) is 14.6. The number of anilines is 1. The highest BCUT2D eigenvalue weighted by atomic mass is 127. The zero-order valence-corrected chi connectivity index (χ0v) is 16.8. The SMILES string of the molecule is CC(C)(C)OC(=O)N[C@H]1CC[C@@H](n2nc(I)c3c(N)ncnc32)CC1. The summed E-state index contributed by atoms with van der Waals surface area (Å²) in [7, 11) is 0. The van der Waals surface area contributed by atoms with Gasteiger partial charge in [-0.15, -0.1) is 0 Å². The lowest BCUT2D eigenvalue weighted by Gasteiger charge is -2.30. The number of hydrogen-bond acceptors (Lipinski definition) is 6. The van der Waals surface area contributed by atoms with Crippen LogP contribution in [-0.4, -0.2) is 37.5 Å². The molecule has 9 heteroatoms. The van der Waals surface area contributed by atoms with Crippen LogP contribution >= 0.6 is 22.6 Å². The second-order valence-corrected chi connectivity index (χ2v) is 8.37. The Balaban J connectivity index is 1.65. The highest BCUT2D eigenvalue weighted by molar-refractivity contribution is 14.1. The fourth-order valence-electron chi connectivity index (χ4n) is 3.15. The van der Waals surface area contributed by atoms with E-state index in [-0.39, 0.29) is 18.2 Å². The van der Waals surface area contributed by atoms with E-state index in [1.165, 1.54) is 6.33 Å². The van der Waals surface area contributed by atoms with Crippen molar-refractivity contribution >= 4 is 45.5 Å². The number of ether oxygens (including phenoxy) is 1. The van der Waals surface area contributed by atoms with Crippen molar-refractivity contribution in [1.82, 2.24) is 25.1 Å². The molecule has 0 aromatic carbocycles. The summed E-state index contributed by atoms with van der Waals surface area (Å²) in [4.78, 5) is 20.3. The van der Waals surface area contributed by atoms with Gasteiger partial charge in [0.1, 0.15) is 21.4 Å². The van der Waals surface area contributed by atoms with Crippen LogP contribution in [0, 0.1) is 3.70 Å². The van der Waals surface area contributed by atoms with Crippen LogP contribution in [0.25, 0.3) is 11.0 Å². The minimum atomic E-state index is -0.481. The lowest BCUT2D eigenvalue weighted by molar-refractivity contribution is 0.0487. The molecule has 0 spiro atoms. The van der Waals surface area contributed by atoms with Crippen molar-refractivity contribution in [2.45, 2.75) is 64.1 Å². The maximum Gasteiger partial charge on any atom is 0.407 e. The Morgan fingerprint density at radius 3 is 2.64 bits per heavy atom. The molecule has 0 bridgehead atoms. The van der Waals surface area contributed by atoms with Gasteiger partial charge in [-0.25, -0.2) is 19.4 Å². The van der Waals surface area contributed by atoms with Gasteiger partial charge < -0.3 is 15.8 Å². The molecule has 1 fully saturated rings. The highest BCUT2D eigenvalue weighted by Gasteiger charge is 2.28. The van der Waals surface area contributed by atoms with Crippen LogP contribution < -0.4 is 11.1 Å². The lowest BCUT2D eigenvalue weighted by atomic mass is 9.91. The number of rotatable bonds is 2. The van der Waals surface area contributed by atoms with Crippen molar-refractivity contribution in [3.8, 4) is 0 Å². The molecule has 8 nitrogen and oxygen atoms in total. The van der Waals surface area contributed by atoms with Crippen LogP contribution in [0.2, 0.25) is 0 Å². The quantitative estimate of drug-likeness (QED) is 0.670. The Hall–Kier alpha value is -1.65. The van der Waals surface area contributed by atoms with Gasteiger partial charge in [0.05, 0.1) is 11.4 Å². The van der Waals surface area contributed by atoms with Gasteiger partial charge in [0, 0.05) is 6.04 Å². The number of halogens is 1. The van der Waals surface area contributed by atoms with Gasteiger partial charge in [-0.1, -0.05) is 0 Å². The summed E-state index contributed by atoms with van der Waals surface area (Å²) in [6.07, 6.45) is 4.71. The molecule has 1 aliphatic rings. The fourth-order valence-corrected chi connectivity index (χ4v) is 3.90. The molecule has 136 valence electrons. The smallest absolute Gasteiger partial charge is 0.407 e. The normalized spacial score (nSPS) is 21.3. The number of amides is 1. The maximum atomic E-state index is 11.9. The lowest BCUT2D eigenvalue weighted by Crippen LogP contribution is -2.41. The van der Waals surface area contributed by atoms with Crippen LogP contribution in [0.3, 0.4) is 0 Å². The Labute approximate surface area is 160 Å². The average Bonchev–Trinajstić information content (AvgIpc) is 2.84. The van der Waals surface area contributed by atoms with Crippen LogP contribution in [0.15, 0.2) is 6.33 Å². The average molecular weight is 458 g/mol. The number of alkyl carbamates (subject to hydrolysis) is 1. The van der Waals surface area contributed by atoms with E-state index in [1.54, 1.807) is 0 Å². The zero-order chi connectivity index (χ0) is 18.2. The molecule has 0 saturated heterocycles. The molecule has 1 amide bonds. The number of hydrogen-bond donors (Lipinski definition) is 2. The third-order valence-electron chi connectivity index (χ3n) is 4.24. The molecule has 25 heavy (non-hydrogen) atoms. The summed E-state index contributed by atoms with van der Waals surface area (Å²) in [5.74, 6) is 0.459. The van der Waals surface area contributed by atoms with Gasteiger partial charge >= 0.3 is 6.09 Å². The Kier molecular flexibility index (Phi) is 5.03. The maximum absolute atomic E-state index is 11.9. The molecule has 0 atom stereocenters. The minimum absolute atomic E-state index is 0.131. The van der Waals surface area contributed by atoms with E-state index in [0.29, 0.717) is 5.82 Å². The van der Waals surface area contributed by atoms with Crippen LogP contribution in [0.4, 0.5) is 10.6 Å². The van der Waals surface area contributed by atoms with E-state index < -0.39 is 5.60 Å². The van der Waals surface area contributed by atoms with E-state index in [4.69, 9.17) is 10.5 Å². The predicted molar refractivity (Wildman–Crippen MR) is 103 cm³/mol. The van der Waals surface area contributed by atoms with E-state index >= 15 is 0 Å². The number of carbonyl (C=O) groups excluding carboxylic acids is 1. The fraction of sp³-hybridized carbons (Fsp3) is 0.625. The number of carbonyl (C=O) groups is 1. The molecule has 2 aromatic rings. The third-order valence-corrected chi connectivity index (χ3v) is 4.99. The molecule has 3 rings (SSSR count). The topological polar surface area (TPSA) is 108 Å². The summed E-state index contributed by atoms with van der Waals surface area (Å²) in [5.41, 5.74) is 6.25. The second kappa shape index (κ2) is 6.93. The molecule has 1 saturated carbocycles. The Morgan fingerprint density at radius 1 is 1.32 bits per heavy atom. The van der Waals surface area contributed by atoms with Crippen molar-refractivity contribution in [3.05, 3.63) is 10.0 Å². The molecule has 2 heterocycles. The molecular weight excluding hydrogens is 435 g/mol. The minimum Gasteiger partial charge on any atom is -0.444 e. The molecule has 2 aromatic heterocycles. The van der Waals surface area contributed by atoms with Crippen molar-refractivity contribution in [3.63, 3.8) is 0 Å². The molecule has 0 radical (unpaired) electrons.